The van der Waals surface area contributed by atoms with Crippen LogP contribution in [-0.4, -0.2) is 12.6 Å². The number of hydrogen-bond acceptors (Lipinski definition) is 4. The van der Waals surface area contributed by atoms with E-state index in [1.54, 1.807) is 6.92 Å². The molecule has 1 heterocycles. The van der Waals surface area contributed by atoms with Gasteiger partial charge in [0.05, 0.1) is 6.61 Å². The van der Waals surface area contributed by atoms with E-state index in [4.69, 9.17) is 10.5 Å². The molecule has 0 aliphatic rings. The van der Waals surface area contributed by atoms with Crippen LogP contribution in [0.3, 0.4) is 0 Å². The second-order valence-corrected chi connectivity index (χ2v) is 5.95. The molecule has 2 rings (SSSR count). The van der Waals surface area contributed by atoms with Crippen LogP contribution in [0.4, 0.5) is 5.00 Å². The Hall–Kier alpha value is -1.81. The fourth-order valence-corrected chi connectivity index (χ4v) is 3.04. The van der Waals surface area contributed by atoms with E-state index >= 15 is 0 Å². The van der Waals surface area contributed by atoms with Crippen molar-refractivity contribution in [1.29, 1.82) is 0 Å². The molecule has 0 spiro atoms. The number of thiophene rings is 1. The van der Waals surface area contributed by atoms with Crippen molar-refractivity contribution < 1.29 is 9.53 Å². The van der Waals surface area contributed by atoms with Crippen LogP contribution in [0.15, 0.2) is 29.6 Å². The van der Waals surface area contributed by atoms with Crippen molar-refractivity contribution >= 4 is 22.3 Å². The number of anilines is 1. The number of hydrogen-bond donors (Lipinski definition) is 1. The van der Waals surface area contributed by atoms with Gasteiger partial charge in [-0.25, -0.2) is 4.79 Å². The van der Waals surface area contributed by atoms with E-state index in [2.05, 4.69) is 26.0 Å². The first-order chi connectivity index (χ1) is 10.1. The lowest BCUT2D eigenvalue weighted by Crippen LogP contribution is -2.07. The quantitative estimate of drug-likeness (QED) is 0.815. The number of carbonyl (C=O) groups is 1. The first kappa shape index (κ1) is 15.6. The number of nitrogens with two attached hydrogens (primary N) is 1. The summed E-state index contributed by atoms with van der Waals surface area (Å²) in [6.45, 7) is 6.53. The molecule has 2 N–H and O–H groups in total. The Kier molecular flexibility index (Phi) is 5.02. The van der Waals surface area contributed by atoms with Crippen LogP contribution < -0.4 is 5.73 Å². The average molecular weight is 303 g/mol. The highest BCUT2D eigenvalue weighted by Crippen LogP contribution is 2.34. The first-order valence-corrected chi connectivity index (χ1v) is 8.10. The maximum atomic E-state index is 12.0. The van der Waals surface area contributed by atoms with E-state index in [-0.39, 0.29) is 5.97 Å². The Labute approximate surface area is 129 Å². The number of nitrogen functional groups attached to an aromatic ring is 1. The number of carbonyl (C=O) groups excluding carboxylic acids is 1. The smallest absolute Gasteiger partial charge is 0.341 e. The number of esters is 1. The molecule has 4 heteroatoms. The van der Waals surface area contributed by atoms with Crippen molar-refractivity contribution in [2.24, 2.45) is 0 Å². The molecule has 21 heavy (non-hydrogen) atoms. The molecule has 0 bridgehead atoms. The number of benzene rings is 1. The predicted molar refractivity (Wildman–Crippen MR) is 88.8 cm³/mol. The maximum Gasteiger partial charge on any atom is 0.341 e. The summed E-state index contributed by atoms with van der Waals surface area (Å²) in [6, 6.07) is 8.33. The minimum Gasteiger partial charge on any atom is -0.462 e. The largest absolute Gasteiger partial charge is 0.462 e. The molecule has 1 unspecified atom stereocenters. The highest BCUT2D eigenvalue weighted by Gasteiger charge is 2.19. The molecule has 112 valence electrons. The normalized spacial score (nSPS) is 12.1. The molecule has 1 atom stereocenters. The number of rotatable bonds is 5. The van der Waals surface area contributed by atoms with Crippen molar-refractivity contribution in [2.75, 3.05) is 12.3 Å². The molecule has 0 fully saturated rings. The summed E-state index contributed by atoms with van der Waals surface area (Å²) in [7, 11) is 0. The molecule has 0 amide bonds. The highest BCUT2D eigenvalue weighted by atomic mass is 32.1. The van der Waals surface area contributed by atoms with Gasteiger partial charge < -0.3 is 10.5 Å². The van der Waals surface area contributed by atoms with Crippen molar-refractivity contribution in [3.8, 4) is 11.1 Å². The Morgan fingerprint density at radius 3 is 2.52 bits per heavy atom. The summed E-state index contributed by atoms with van der Waals surface area (Å²) >= 11 is 1.37. The molecule has 2 aromatic rings. The molecular formula is C17H21NO2S. The van der Waals surface area contributed by atoms with Crippen LogP contribution in [0, 0.1) is 0 Å². The molecule has 0 saturated carbocycles. The summed E-state index contributed by atoms with van der Waals surface area (Å²) < 4.78 is 5.10. The van der Waals surface area contributed by atoms with Crippen molar-refractivity contribution in [1.82, 2.24) is 0 Å². The van der Waals surface area contributed by atoms with Gasteiger partial charge in [0.2, 0.25) is 0 Å². The van der Waals surface area contributed by atoms with E-state index in [9.17, 15) is 4.79 Å². The van der Waals surface area contributed by atoms with Gasteiger partial charge in [0.25, 0.3) is 0 Å². The average Bonchev–Trinajstić information content (AvgIpc) is 2.88. The lowest BCUT2D eigenvalue weighted by Gasteiger charge is -2.10. The van der Waals surface area contributed by atoms with Gasteiger partial charge in [-0.15, -0.1) is 11.3 Å². The number of ether oxygens (including phenoxy) is 1. The van der Waals surface area contributed by atoms with Gasteiger partial charge in [0, 0.05) is 10.9 Å². The lowest BCUT2D eigenvalue weighted by molar-refractivity contribution is 0.0529. The fraction of sp³-hybridized carbons (Fsp3) is 0.353. The van der Waals surface area contributed by atoms with Gasteiger partial charge >= 0.3 is 5.97 Å². The maximum absolute atomic E-state index is 12.0. The second-order valence-electron chi connectivity index (χ2n) is 5.04. The standard InChI is InChI=1S/C17H21NO2S/c1-4-11(3)12-6-8-13(9-7-12)14-10-21-16(18)15(14)17(19)20-5-2/h6-11H,4-5,18H2,1-3H3. The van der Waals surface area contributed by atoms with E-state index in [0.29, 0.717) is 23.1 Å². The Morgan fingerprint density at radius 1 is 1.29 bits per heavy atom. The monoisotopic (exact) mass is 303 g/mol. The lowest BCUT2D eigenvalue weighted by atomic mass is 9.95. The molecule has 3 nitrogen and oxygen atoms in total. The van der Waals surface area contributed by atoms with Crippen LogP contribution in [0.1, 0.15) is 49.0 Å². The third kappa shape index (κ3) is 3.27. The van der Waals surface area contributed by atoms with Crippen LogP contribution in [0.25, 0.3) is 11.1 Å². The van der Waals surface area contributed by atoms with Gasteiger partial charge in [0.1, 0.15) is 10.6 Å². The zero-order valence-electron chi connectivity index (χ0n) is 12.7. The van der Waals surface area contributed by atoms with Gasteiger partial charge in [-0.2, -0.15) is 0 Å². The Morgan fingerprint density at radius 2 is 1.95 bits per heavy atom. The summed E-state index contributed by atoms with van der Waals surface area (Å²) in [5.41, 5.74) is 9.57. The van der Waals surface area contributed by atoms with Crippen LogP contribution in [0.2, 0.25) is 0 Å². The van der Waals surface area contributed by atoms with Crippen molar-refractivity contribution in [2.45, 2.75) is 33.1 Å². The third-order valence-corrected chi connectivity index (χ3v) is 4.51. The highest BCUT2D eigenvalue weighted by molar-refractivity contribution is 7.14. The first-order valence-electron chi connectivity index (χ1n) is 7.22. The summed E-state index contributed by atoms with van der Waals surface area (Å²) in [5, 5.41) is 2.43. The molecule has 1 aromatic carbocycles. The van der Waals surface area contributed by atoms with Gasteiger partial charge in [-0.1, -0.05) is 38.1 Å². The van der Waals surface area contributed by atoms with Crippen molar-refractivity contribution in [3.05, 3.63) is 40.8 Å². The van der Waals surface area contributed by atoms with Crippen LogP contribution in [0.5, 0.6) is 0 Å². The SMILES string of the molecule is CCOC(=O)c1c(-c2ccc(C(C)CC)cc2)csc1N. The zero-order valence-corrected chi connectivity index (χ0v) is 13.5. The third-order valence-electron chi connectivity index (χ3n) is 3.70. The Bertz CT molecular complexity index is 616. The van der Waals surface area contributed by atoms with Crippen molar-refractivity contribution in [3.63, 3.8) is 0 Å². The van der Waals surface area contributed by atoms with Gasteiger partial charge in [0.15, 0.2) is 0 Å². The molecule has 0 radical (unpaired) electrons. The van der Waals surface area contributed by atoms with Crippen LogP contribution in [-0.2, 0) is 4.74 Å². The predicted octanol–water partition coefficient (Wildman–Crippen LogP) is 4.69. The molecule has 0 aliphatic heterocycles. The van der Waals surface area contributed by atoms with E-state index in [0.717, 1.165) is 17.5 Å². The van der Waals surface area contributed by atoms with Gasteiger partial charge in [-0.05, 0) is 30.4 Å². The minimum atomic E-state index is -0.350. The fourth-order valence-electron chi connectivity index (χ4n) is 2.23. The van der Waals surface area contributed by atoms with E-state index < -0.39 is 0 Å². The summed E-state index contributed by atoms with van der Waals surface area (Å²) in [5.74, 6) is 0.188. The topological polar surface area (TPSA) is 52.3 Å². The molecule has 1 aromatic heterocycles. The Balaban J connectivity index is 2.36. The summed E-state index contributed by atoms with van der Waals surface area (Å²) in [6.07, 6.45) is 1.11. The van der Waals surface area contributed by atoms with Crippen LogP contribution >= 0.6 is 11.3 Å². The van der Waals surface area contributed by atoms with Gasteiger partial charge in [-0.3, -0.25) is 0 Å². The zero-order chi connectivity index (χ0) is 15.4. The molecule has 0 saturated heterocycles. The minimum absolute atomic E-state index is 0.348. The second kappa shape index (κ2) is 6.76. The molecule has 0 aliphatic carbocycles. The van der Waals surface area contributed by atoms with E-state index in [1.807, 2.05) is 17.5 Å². The summed E-state index contributed by atoms with van der Waals surface area (Å²) in [4.78, 5) is 12.0. The molecular weight excluding hydrogens is 282 g/mol. The van der Waals surface area contributed by atoms with E-state index in [1.165, 1.54) is 16.9 Å².